The minimum Gasteiger partial charge on any atom is -0.493 e. The highest BCUT2D eigenvalue weighted by atomic mass is 16.5. The first-order chi connectivity index (χ1) is 14.7. The topological polar surface area (TPSA) is 73.9 Å². The minimum absolute atomic E-state index is 0.132. The third kappa shape index (κ3) is 4.27. The third-order valence-electron chi connectivity index (χ3n) is 5.82. The number of amides is 1. The van der Waals surface area contributed by atoms with Crippen molar-refractivity contribution >= 4 is 11.9 Å². The van der Waals surface area contributed by atoms with Crippen LogP contribution in [0.4, 0.5) is 0 Å². The highest BCUT2D eigenvalue weighted by molar-refractivity contribution is 5.99. The van der Waals surface area contributed by atoms with Gasteiger partial charge in [0.15, 0.2) is 11.5 Å². The summed E-state index contributed by atoms with van der Waals surface area (Å²) in [7, 11) is 1.54. The second-order valence-corrected chi connectivity index (χ2v) is 7.82. The molecule has 1 aliphatic carbocycles. The maximum Gasteiger partial charge on any atom is 0.317 e. The summed E-state index contributed by atoms with van der Waals surface area (Å²) in [6.07, 6.45) is 5.45. The fraction of sp³-hybridized carbons (Fsp3) is 0.417. The summed E-state index contributed by atoms with van der Waals surface area (Å²) in [4.78, 5) is 25.9. The van der Waals surface area contributed by atoms with Gasteiger partial charge in [-0.1, -0.05) is 49.6 Å². The molecular formula is C24H27NO5. The SMILES string of the molecule is COc1ccc(C(=O)NC2CCCCC2)c2c1OCC2C(=O)OCc1ccccc1. The van der Waals surface area contributed by atoms with Gasteiger partial charge >= 0.3 is 5.97 Å². The number of ether oxygens (including phenoxy) is 3. The zero-order valence-electron chi connectivity index (χ0n) is 17.2. The number of benzene rings is 2. The van der Waals surface area contributed by atoms with Crippen molar-refractivity contribution in [3.05, 3.63) is 59.2 Å². The molecule has 2 aromatic rings. The van der Waals surface area contributed by atoms with Crippen LogP contribution in [0, 0.1) is 0 Å². The molecule has 1 heterocycles. The Bertz CT molecular complexity index is 905. The van der Waals surface area contributed by atoms with E-state index in [1.54, 1.807) is 19.2 Å². The van der Waals surface area contributed by atoms with Crippen LogP contribution >= 0.6 is 0 Å². The predicted octanol–water partition coefficient (Wildman–Crippen LogP) is 3.98. The molecule has 6 nitrogen and oxygen atoms in total. The molecule has 30 heavy (non-hydrogen) atoms. The Hall–Kier alpha value is -3.02. The Kier molecular flexibility index (Phi) is 6.21. The summed E-state index contributed by atoms with van der Waals surface area (Å²) in [5.41, 5.74) is 1.92. The fourth-order valence-corrected chi connectivity index (χ4v) is 4.21. The Morgan fingerprint density at radius 3 is 2.57 bits per heavy atom. The van der Waals surface area contributed by atoms with Crippen LogP contribution in [0.5, 0.6) is 11.5 Å². The molecule has 1 fully saturated rings. The van der Waals surface area contributed by atoms with E-state index >= 15 is 0 Å². The lowest BCUT2D eigenvalue weighted by Gasteiger charge is -2.23. The number of hydrogen-bond acceptors (Lipinski definition) is 5. The van der Waals surface area contributed by atoms with E-state index in [4.69, 9.17) is 14.2 Å². The second-order valence-electron chi connectivity index (χ2n) is 7.82. The molecule has 0 radical (unpaired) electrons. The molecule has 2 aromatic carbocycles. The van der Waals surface area contributed by atoms with Gasteiger partial charge < -0.3 is 19.5 Å². The summed E-state index contributed by atoms with van der Waals surface area (Å²) in [6.45, 7) is 0.312. The number of nitrogens with one attached hydrogen (secondary N) is 1. The van der Waals surface area contributed by atoms with Crippen LogP contribution < -0.4 is 14.8 Å². The van der Waals surface area contributed by atoms with Gasteiger partial charge in [0.1, 0.15) is 19.1 Å². The van der Waals surface area contributed by atoms with Crippen molar-refractivity contribution in [3.8, 4) is 11.5 Å². The first-order valence-electron chi connectivity index (χ1n) is 10.5. The van der Waals surface area contributed by atoms with Gasteiger partial charge in [0.05, 0.1) is 7.11 Å². The van der Waals surface area contributed by atoms with E-state index < -0.39 is 11.9 Å². The number of methoxy groups -OCH3 is 1. The molecule has 0 aromatic heterocycles. The molecule has 4 rings (SSSR count). The predicted molar refractivity (Wildman–Crippen MR) is 112 cm³/mol. The lowest BCUT2D eigenvalue weighted by molar-refractivity contribution is -0.147. The van der Waals surface area contributed by atoms with Crippen molar-refractivity contribution in [2.45, 2.75) is 50.7 Å². The van der Waals surface area contributed by atoms with Gasteiger partial charge in [0, 0.05) is 17.2 Å². The Morgan fingerprint density at radius 2 is 1.83 bits per heavy atom. The number of rotatable bonds is 6. The van der Waals surface area contributed by atoms with E-state index in [-0.39, 0.29) is 25.2 Å². The Labute approximate surface area is 176 Å². The largest absolute Gasteiger partial charge is 0.493 e. The van der Waals surface area contributed by atoms with Crippen LogP contribution in [0.1, 0.15) is 59.5 Å². The van der Waals surface area contributed by atoms with Gasteiger partial charge in [-0.05, 0) is 30.5 Å². The molecule has 6 heteroatoms. The van der Waals surface area contributed by atoms with Crippen molar-refractivity contribution in [1.29, 1.82) is 0 Å². The number of esters is 1. The van der Waals surface area contributed by atoms with Gasteiger partial charge in [-0.25, -0.2) is 0 Å². The summed E-state index contributed by atoms with van der Waals surface area (Å²) in [6, 6.07) is 13.1. The number of hydrogen-bond donors (Lipinski definition) is 1. The molecule has 1 N–H and O–H groups in total. The summed E-state index contributed by atoms with van der Waals surface area (Å²) < 4.78 is 16.7. The highest BCUT2D eigenvalue weighted by Crippen LogP contribution is 2.44. The maximum atomic E-state index is 13.1. The zero-order valence-corrected chi connectivity index (χ0v) is 17.2. The molecule has 1 saturated carbocycles. The third-order valence-corrected chi connectivity index (χ3v) is 5.82. The van der Waals surface area contributed by atoms with Crippen molar-refractivity contribution in [2.24, 2.45) is 0 Å². The van der Waals surface area contributed by atoms with Crippen LogP contribution in [0.25, 0.3) is 0 Å². The first-order valence-corrected chi connectivity index (χ1v) is 10.5. The van der Waals surface area contributed by atoms with Gasteiger partial charge in [-0.3, -0.25) is 9.59 Å². The minimum atomic E-state index is -0.661. The number of fused-ring (bicyclic) bond motifs is 1. The molecule has 0 spiro atoms. The zero-order chi connectivity index (χ0) is 20.9. The normalized spacial score (nSPS) is 18.2. The standard InChI is InChI=1S/C24H27NO5/c1-28-20-13-12-18(23(26)25-17-10-6-3-7-11-17)21-19(15-29-22(20)21)24(27)30-14-16-8-4-2-5-9-16/h2,4-5,8-9,12-13,17,19H,3,6-7,10-11,14-15H2,1H3,(H,25,26). The van der Waals surface area contributed by atoms with E-state index in [0.717, 1.165) is 31.2 Å². The quantitative estimate of drug-likeness (QED) is 0.731. The monoisotopic (exact) mass is 409 g/mol. The first kappa shape index (κ1) is 20.3. The van der Waals surface area contributed by atoms with Crippen LogP contribution in [0.2, 0.25) is 0 Å². The van der Waals surface area contributed by atoms with Crippen molar-refractivity contribution in [1.82, 2.24) is 5.32 Å². The fourth-order valence-electron chi connectivity index (χ4n) is 4.21. The van der Waals surface area contributed by atoms with E-state index in [1.165, 1.54) is 6.42 Å². The van der Waals surface area contributed by atoms with E-state index in [0.29, 0.717) is 22.6 Å². The molecule has 2 aliphatic rings. The maximum absolute atomic E-state index is 13.1. The molecule has 0 saturated heterocycles. The van der Waals surface area contributed by atoms with Crippen molar-refractivity contribution < 1.29 is 23.8 Å². The molecule has 1 amide bonds. The lowest BCUT2D eigenvalue weighted by atomic mass is 9.92. The summed E-state index contributed by atoms with van der Waals surface area (Å²) in [5.74, 6) is -0.274. The van der Waals surface area contributed by atoms with Crippen LogP contribution in [0.3, 0.4) is 0 Å². The number of carbonyl (C=O) groups excluding carboxylic acids is 2. The Morgan fingerprint density at radius 1 is 1.07 bits per heavy atom. The molecule has 158 valence electrons. The van der Waals surface area contributed by atoms with Gasteiger partial charge in [-0.15, -0.1) is 0 Å². The van der Waals surface area contributed by atoms with Crippen molar-refractivity contribution in [3.63, 3.8) is 0 Å². The number of carbonyl (C=O) groups is 2. The lowest BCUT2D eigenvalue weighted by Crippen LogP contribution is -2.36. The van der Waals surface area contributed by atoms with Crippen molar-refractivity contribution in [2.75, 3.05) is 13.7 Å². The molecule has 0 bridgehead atoms. The van der Waals surface area contributed by atoms with Crippen LogP contribution in [-0.2, 0) is 16.1 Å². The van der Waals surface area contributed by atoms with E-state index in [9.17, 15) is 9.59 Å². The molecular weight excluding hydrogens is 382 g/mol. The van der Waals surface area contributed by atoms with Gasteiger partial charge in [-0.2, -0.15) is 0 Å². The highest BCUT2D eigenvalue weighted by Gasteiger charge is 2.38. The second kappa shape index (κ2) is 9.20. The Balaban J connectivity index is 1.55. The van der Waals surface area contributed by atoms with Crippen LogP contribution in [0.15, 0.2) is 42.5 Å². The van der Waals surface area contributed by atoms with E-state index in [2.05, 4.69) is 5.32 Å². The van der Waals surface area contributed by atoms with Gasteiger partial charge in [0.2, 0.25) is 0 Å². The molecule has 1 unspecified atom stereocenters. The van der Waals surface area contributed by atoms with Gasteiger partial charge in [0.25, 0.3) is 5.91 Å². The summed E-state index contributed by atoms with van der Waals surface area (Å²) >= 11 is 0. The summed E-state index contributed by atoms with van der Waals surface area (Å²) in [5, 5.41) is 3.13. The molecule has 1 atom stereocenters. The average molecular weight is 409 g/mol. The average Bonchev–Trinajstić information content (AvgIpc) is 3.23. The smallest absolute Gasteiger partial charge is 0.317 e. The van der Waals surface area contributed by atoms with E-state index in [1.807, 2.05) is 30.3 Å². The molecule has 1 aliphatic heterocycles. The van der Waals surface area contributed by atoms with Crippen LogP contribution in [-0.4, -0.2) is 31.6 Å².